The summed E-state index contributed by atoms with van der Waals surface area (Å²) in [5, 5.41) is 8.13. The molecule has 2 rings (SSSR count). The van der Waals surface area contributed by atoms with Gasteiger partial charge in [0, 0.05) is 10.4 Å². The lowest BCUT2D eigenvalue weighted by Crippen LogP contribution is -2.10. The number of nitrogens with one attached hydrogen (secondary N) is 1. The molecule has 0 aliphatic heterocycles. The number of aryl methyl sites for hydroxylation is 1. The number of rotatable bonds is 4. The van der Waals surface area contributed by atoms with Crippen LogP contribution in [0.2, 0.25) is 0 Å². The Hall–Kier alpha value is -1.07. The smallest absolute Gasteiger partial charge is 0.306 e. The summed E-state index contributed by atoms with van der Waals surface area (Å²) in [6, 6.07) is 0. The van der Waals surface area contributed by atoms with Crippen LogP contribution in [0.25, 0.3) is 0 Å². The highest BCUT2D eigenvalue weighted by molar-refractivity contribution is 7.16. The number of nitrogen functional groups attached to an aromatic ring is 1. The highest BCUT2D eigenvalue weighted by Crippen LogP contribution is 2.45. The minimum absolute atomic E-state index is 0.0410. The number of anilines is 1. The van der Waals surface area contributed by atoms with E-state index in [1.165, 1.54) is 11.3 Å². The molecule has 4 nitrogen and oxygen atoms in total. The molecule has 1 heterocycles. The molecule has 0 aromatic carbocycles. The van der Waals surface area contributed by atoms with Crippen molar-refractivity contribution in [1.29, 1.82) is 5.41 Å². The van der Waals surface area contributed by atoms with E-state index in [-0.39, 0.29) is 17.1 Å². The third-order valence-corrected chi connectivity index (χ3v) is 4.40. The molecule has 0 fully saturated rings. The summed E-state index contributed by atoms with van der Waals surface area (Å²) >= 11 is 7.27. The van der Waals surface area contributed by atoms with Gasteiger partial charge in [-0.15, -0.1) is 11.3 Å². The number of esters is 1. The lowest BCUT2D eigenvalue weighted by atomic mass is 9.96. The maximum Gasteiger partial charge on any atom is 0.306 e. The number of fused-ring (bicyclic) bond motifs is 1. The van der Waals surface area contributed by atoms with E-state index in [1.54, 1.807) is 6.92 Å². The first-order valence-corrected chi connectivity index (χ1v) is 7.05. The molecular formula is C12H15ClN2O2S. The van der Waals surface area contributed by atoms with Gasteiger partial charge >= 0.3 is 5.97 Å². The van der Waals surface area contributed by atoms with Gasteiger partial charge in [-0.3, -0.25) is 10.2 Å². The van der Waals surface area contributed by atoms with Crippen molar-refractivity contribution < 1.29 is 9.53 Å². The fourth-order valence-electron chi connectivity index (χ4n) is 2.43. The van der Waals surface area contributed by atoms with Crippen LogP contribution in [0.5, 0.6) is 0 Å². The Morgan fingerprint density at radius 2 is 2.39 bits per heavy atom. The van der Waals surface area contributed by atoms with Gasteiger partial charge in [0.25, 0.3) is 0 Å². The van der Waals surface area contributed by atoms with E-state index in [4.69, 9.17) is 27.5 Å². The Morgan fingerprint density at radius 3 is 3.00 bits per heavy atom. The van der Waals surface area contributed by atoms with Gasteiger partial charge in [0.05, 0.1) is 18.0 Å². The van der Waals surface area contributed by atoms with Gasteiger partial charge in [-0.25, -0.2) is 0 Å². The summed E-state index contributed by atoms with van der Waals surface area (Å²) in [6.45, 7) is 2.18. The fourth-order valence-corrected chi connectivity index (χ4v) is 3.87. The Morgan fingerprint density at radius 1 is 1.67 bits per heavy atom. The van der Waals surface area contributed by atoms with E-state index >= 15 is 0 Å². The van der Waals surface area contributed by atoms with E-state index in [1.807, 2.05) is 0 Å². The van der Waals surface area contributed by atoms with Crippen LogP contribution in [0, 0.1) is 5.41 Å². The highest BCUT2D eigenvalue weighted by Gasteiger charge is 2.32. The van der Waals surface area contributed by atoms with E-state index in [9.17, 15) is 4.79 Å². The van der Waals surface area contributed by atoms with E-state index in [2.05, 4.69) is 0 Å². The van der Waals surface area contributed by atoms with Crippen molar-refractivity contribution in [3.05, 3.63) is 16.0 Å². The first kappa shape index (κ1) is 13.4. The number of halogens is 1. The van der Waals surface area contributed by atoms with Crippen molar-refractivity contribution in [1.82, 2.24) is 0 Å². The number of thiophene rings is 1. The maximum absolute atomic E-state index is 11.6. The van der Waals surface area contributed by atoms with Crippen molar-refractivity contribution >= 4 is 39.1 Å². The van der Waals surface area contributed by atoms with Gasteiger partial charge in [0.15, 0.2) is 0 Å². The molecule has 1 unspecified atom stereocenters. The van der Waals surface area contributed by atoms with Crippen LogP contribution < -0.4 is 5.73 Å². The standard InChI is InChI=1S/C12H15ClN2O2S/c1-2-17-8(16)5-6-3-4-7-9(6)10(11(13)14)12(15)18-7/h6,14H,2-5,15H2,1H3. The Kier molecular flexibility index (Phi) is 3.92. The zero-order valence-corrected chi connectivity index (χ0v) is 11.7. The Bertz CT molecular complexity index is 499. The molecule has 0 amide bonds. The van der Waals surface area contributed by atoms with Crippen LogP contribution in [0.4, 0.5) is 5.00 Å². The molecule has 0 bridgehead atoms. The molecule has 1 aliphatic rings. The van der Waals surface area contributed by atoms with Gasteiger partial charge < -0.3 is 10.5 Å². The normalized spacial score (nSPS) is 17.6. The van der Waals surface area contributed by atoms with E-state index < -0.39 is 0 Å². The van der Waals surface area contributed by atoms with E-state index in [0.717, 1.165) is 23.3 Å². The van der Waals surface area contributed by atoms with Gasteiger partial charge in [-0.1, -0.05) is 11.6 Å². The number of hydrogen-bond acceptors (Lipinski definition) is 5. The molecular weight excluding hydrogens is 272 g/mol. The zero-order valence-electron chi connectivity index (χ0n) is 10.1. The molecule has 0 radical (unpaired) electrons. The molecule has 0 saturated heterocycles. The summed E-state index contributed by atoms with van der Waals surface area (Å²) in [4.78, 5) is 12.7. The second-order valence-electron chi connectivity index (χ2n) is 4.24. The predicted octanol–water partition coefficient (Wildman–Crippen LogP) is 2.88. The second-order valence-corrected chi connectivity index (χ2v) is 5.75. The minimum Gasteiger partial charge on any atom is -0.466 e. The highest BCUT2D eigenvalue weighted by atomic mass is 35.5. The fraction of sp³-hybridized carbons (Fsp3) is 0.500. The van der Waals surface area contributed by atoms with Crippen molar-refractivity contribution in [2.24, 2.45) is 0 Å². The summed E-state index contributed by atoms with van der Waals surface area (Å²) in [5.41, 5.74) is 7.49. The molecule has 1 aliphatic carbocycles. The van der Waals surface area contributed by atoms with Crippen LogP contribution in [0.15, 0.2) is 0 Å². The van der Waals surface area contributed by atoms with E-state index in [0.29, 0.717) is 23.6 Å². The summed E-state index contributed by atoms with van der Waals surface area (Å²) in [6.07, 6.45) is 2.14. The summed E-state index contributed by atoms with van der Waals surface area (Å²) < 4.78 is 4.97. The molecule has 18 heavy (non-hydrogen) atoms. The molecule has 3 N–H and O–H groups in total. The molecule has 6 heteroatoms. The van der Waals surface area contributed by atoms with Crippen LogP contribution in [-0.4, -0.2) is 17.7 Å². The van der Waals surface area contributed by atoms with Crippen molar-refractivity contribution in [2.75, 3.05) is 12.3 Å². The predicted molar refractivity (Wildman–Crippen MR) is 73.7 cm³/mol. The van der Waals surface area contributed by atoms with Gasteiger partial charge in [0.1, 0.15) is 5.17 Å². The molecule has 0 saturated carbocycles. The molecule has 0 spiro atoms. The third-order valence-electron chi connectivity index (χ3n) is 3.12. The molecule has 1 aromatic heterocycles. The average Bonchev–Trinajstić information content (AvgIpc) is 2.78. The number of hydrogen-bond donors (Lipinski definition) is 2. The number of nitrogens with two attached hydrogens (primary N) is 1. The van der Waals surface area contributed by atoms with Crippen LogP contribution in [0.1, 0.15) is 41.7 Å². The largest absolute Gasteiger partial charge is 0.466 e. The third kappa shape index (κ3) is 2.37. The van der Waals surface area contributed by atoms with Crippen molar-refractivity contribution in [3.8, 4) is 0 Å². The monoisotopic (exact) mass is 286 g/mol. The first-order chi connectivity index (χ1) is 8.54. The zero-order chi connectivity index (χ0) is 13.3. The second kappa shape index (κ2) is 5.28. The lowest BCUT2D eigenvalue weighted by molar-refractivity contribution is -0.143. The number of carbonyl (C=O) groups excluding carboxylic acids is 1. The summed E-state index contributed by atoms with van der Waals surface area (Å²) in [5.74, 6) is -0.117. The van der Waals surface area contributed by atoms with Crippen LogP contribution in [-0.2, 0) is 16.0 Å². The average molecular weight is 287 g/mol. The number of ether oxygens (including phenoxy) is 1. The maximum atomic E-state index is 11.6. The Labute approximate surface area is 115 Å². The van der Waals surface area contributed by atoms with Gasteiger partial charge in [0.2, 0.25) is 0 Å². The number of carbonyl (C=O) groups is 1. The van der Waals surface area contributed by atoms with Gasteiger partial charge in [-0.2, -0.15) is 0 Å². The topological polar surface area (TPSA) is 76.2 Å². The lowest BCUT2D eigenvalue weighted by Gasteiger charge is -2.11. The SMILES string of the molecule is CCOC(=O)CC1CCc2sc(N)c(C(=N)Cl)c21. The quantitative estimate of drug-likeness (QED) is 0.660. The first-order valence-electron chi connectivity index (χ1n) is 5.85. The molecule has 98 valence electrons. The van der Waals surface area contributed by atoms with Crippen molar-refractivity contribution in [2.45, 2.75) is 32.1 Å². The molecule has 1 aromatic rings. The minimum atomic E-state index is -0.202. The van der Waals surface area contributed by atoms with Crippen molar-refractivity contribution in [3.63, 3.8) is 0 Å². The van der Waals surface area contributed by atoms with Crippen LogP contribution in [0.3, 0.4) is 0 Å². The molecule has 1 atom stereocenters. The van der Waals surface area contributed by atoms with Gasteiger partial charge in [-0.05, 0) is 31.2 Å². The summed E-state index contributed by atoms with van der Waals surface area (Å²) in [7, 11) is 0. The van der Waals surface area contributed by atoms with Crippen LogP contribution >= 0.6 is 22.9 Å². The Balaban J connectivity index is 2.26.